The minimum absolute atomic E-state index is 0.564. The molecule has 0 aromatic rings. The van der Waals surface area contributed by atoms with Gasteiger partial charge in [0.05, 0.1) is 0 Å². The maximum atomic E-state index is 9.61. The van der Waals surface area contributed by atoms with Gasteiger partial charge in [0.15, 0.2) is 0 Å². The normalized spacial score (nSPS) is 13.7. The fraction of sp³-hybridized carbons (Fsp3) is 0.882. The number of rotatable bonds is 11. The van der Waals surface area contributed by atoms with Crippen molar-refractivity contribution in [1.29, 1.82) is 0 Å². The van der Waals surface area contributed by atoms with E-state index in [0.717, 1.165) is 12.8 Å². The highest BCUT2D eigenvalue weighted by molar-refractivity contribution is 5.08. The van der Waals surface area contributed by atoms with E-state index in [4.69, 9.17) is 0 Å². The first-order valence-corrected chi connectivity index (χ1v) is 8.07. The second kappa shape index (κ2) is 13.9. The van der Waals surface area contributed by atoms with Gasteiger partial charge in [0.25, 0.3) is 0 Å². The molecule has 0 aromatic heterocycles. The van der Waals surface area contributed by atoms with E-state index in [1.54, 1.807) is 0 Å². The van der Waals surface area contributed by atoms with E-state index in [0.29, 0.717) is 6.42 Å². The molecule has 2 nitrogen and oxygen atoms in total. The number of hydrogen-bond donors (Lipinski definition) is 2. The van der Waals surface area contributed by atoms with Crippen molar-refractivity contribution in [3.05, 3.63) is 0 Å². The van der Waals surface area contributed by atoms with Gasteiger partial charge in [-0.05, 0) is 19.3 Å². The molecule has 0 saturated heterocycles. The number of aliphatic hydroxyl groups excluding tert-OH is 2. The standard InChI is InChI=1S/C17H32O2/c1-3-5-6-7-8-9-10-11-12-13-17(19)15-14-16(18)4-2/h16-19H,3-13H2,1-2H3. The van der Waals surface area contributed by atoms with E-state index in [2.05, 4.69) is 18.8 Å². The van der Waals surface area contributed by atoms with Crippen LogP contribution in [0.3, 0.4) is 0 Å². The minimum atomic E-state index is -0.585. The smallest absolute Gasteiger partial charge is 0.114 e. The monoisotopic (exact) mass is 268 g/mol. The molecule has 0 aliphatic rings. The molecular formula is C17H32O2. The predicted octanol–water partition coefficient (Wildman–Crippen LogP) is 4.04. The number of unbranched alkanes of at least 4 members (excludes halogenated alkanes) is 8. The summed E-state index contributed by atoms with van der Waals surface area (Å²) in [6.07, 6.45) is 11.8. The summed E-state index contributed by atoms with van der Waals surface area (Å²) in [7, 11) is 0. The van der Waals surface area contributed by atoms with Gasteiger partial charge in [-0.2, -0.15) is 0 Å². The fourth-order valence-electron chi connectivity index (χ4n) is 2.01. The molecule has 0 aliphatic heterocycles. The molecule has 0 heterocycles. The molecule has 0 rings (SSSR count). The zero-order valence-corrected chi connectivity index (χ0v) is 12.8. The second-order valence-corrected chi connectivity index (χ2v) is 5.35. The van der Waals surface area contributed by atoms with Crippen molar-refractivity contribution in [2.24, 2.45) is 0 Å². The molecule has 0 fully saturated rings. The average Bonchev–Trinajstić information content (AvgIpc) is 2.42. The molecule has 0 saturated carbocycles. The van der Waals surface area contributed by atoms with E-state index in [-0.39, 0.29) is 0 Å². The number of hydrogen-bond acceptors (Lipinski definition) is 2. The summed E-state index contributed by atoms with van der Waals surface area (Å²) in [5, 5.41) is 18.9. The zero-order chi connectivity index (χ0) is 14.3. The summed E-state index contributed by atoms with van der Waals surface area (Å²) in [5.41, 5.74) is 0. The highest BCUT2D eigenvalue weighted by Crippen LogP contribution is 2.11. The van der Waals surface area contributed by atoms with Crippen molar-refractivity contribution >= 4 is 0 Å². The summed E-state index contributed by atoms with van der Waals surface area (Å²) >= 11 is 0. The van der Waals surface area contributed by atoms with Gasteiger partial charge < -0.3 is 10.2 Å². The number of aliphatic hydroxyl groups is 2. The van der Waals surface area contributed by atoms with Crippen LogP contribution in [0.5, 0.6) is 0 Å². The van der Waals surface area contributed by atoms with E-state index in [9.17, 15) is 10.2 Å². The summed E-state index contributed by atoms with van der Waals surface area (Å²) < 4.78 is 0. The van der Waals surface area contributed by atoms with Crippen molar-refractivity contribution in [3.8, 4) is 11.8 Å². The van der Waals surface area contributed by atoms with E-state index >= 15 is 0 Å². The highest BCUT2D eigenvalue weighted by Gasteiger charge is 2.00. The van der Waals surface area contributed by atoms with Gasteiger partial charge in [-0.15, -0.1) is 0 Å². The van der Waals surface area contributed by atoms with Crippen LogP contribution < -0.4 is 0 Å². The molecule has 0 bridgehead atoms. The second-order valence-electron chi connectivity index (χ2n) is 5.35. The predicted molar refractivity (Wildman–Crippen MR) is 81.9 cm³/mol. The Balaban J connectivity index is 3.31. The molecule has 19 heavy (non-hydrogen) atoms. The zero-order valence-electron chi connectivity index (χ0n) is 12.8. The van der Waals surface area contributed by atoms with Crippen molar-refractivity contribution in [2.45, 2.75) is 96.7 Å². The molecule has 2 unspecified atom stereocenters. The van der Waals surface area contributed by atoms with Crippen molar-refractivity contribution < 1.29 is 10.2 Å². The molecule has 2 N–H and O–H groups in total. The summed E-state index contributed by atoms with van der Waals surface area (Å²) in [6, 6.07) is 0. The Kier molecular flexibility index (Phi) is 13.5. The summed E-state index contributed by atoms with van der Waals surface area (Å²) in [4.78, 5) is 0. The Hall–Kier alpha value is -0.520. The van der Waals surface area contributed by atoms with Gasteiger partial charge in [-0.3, -0.25) is 0 Å². The topological polar surface area (TPSA) is 40.5 Å². The van der Waals surface area contributed by atoms with Crippen molar-refractivity contribution in [2.75, 3.05) is 0 Å². The van der Waals surface area contributed by atoms with E-state index in [1.807, 2.05) is 6.92 Å². The summed E-state index contributed by atoms with van der Waals surface area (Å²) in [6.45, 7) is 4.12. The Labute approximate surface area is 119 Å². The van der Waals surface area contributed by atoms with Gasteiger partial charge in [0.2, 0.25) is 0 Å². The molecule has 2 atom stereocenters. The lowest BCUT2D eigenvalue weighted by Gasteiger charge is -2.04. The van der Waals surface area contributed by atoms with Gasteiger partial charge in [-0.1, -0.05) is 77.1 Å². The maximum absolute atomic E-state index is 9.61. The summed E-state index contributed by atoms with van der Waals surface area (Å²) in [5.74, 6) is 5.38. The molecule has 0 spiro atoms. The van der Waals surface area contributed by atoms with Crippen LogP contribution in [-0.2, 0) is 0 Å². The van der Waals surface area contributed by atoms with E-state index in [1.165, 1.54) is 51.4 Å². The largest absolute Gasteiger partial charge is 0.380 e. The Morgan fingerprint density at radius 2 is 1.16 bits per heavy atom. The molecule has 0 amide bonds. The Bertz CT molecular complexity index is 239. The maximum Gasteiger partial charge on any atom is 0.114 e. The first kappa shape index (κ1) is 18.5. The lowest BCUT2D eigenvalue weighted by atomic mass is 10.1. The molecule has 0 aromatic carbocycles. The van der Waals surface area contributed by atoms with Crippen LogP contribution in [0.25, 0.3) is 0 Å². The molecule has 112 valence electrons. The van der Waals surface area contributed by atoms with Crippen LogP contribution >= 0.6 is 0 Å². The van der Waals surface area contributed by atoms with Crippen LogP contribution in [0.4, 0.5) is 0 Å². The Morgan fingerprint density at radius 1 is 0.684 bits per heavy atom. The Morgan fingerprint density at radius 3 is 1.68 bits per heavy atom. The molecular weight excluding hydrogens is 236 g/mol. The first-order valence-electron chi connectivity index (χ1n) is 8.07. The van der Waals surface area contributed by atoms with E-state index < -0.39 is 12.2 Å². The molecule has 0 radical (unpaired) electrons. The molecule has 2 heteroatoms. The average molecular weight is 268 g/mol. The fourth-order valence-corrected chi connectivity index (χ4v) is 2.01. The van der Waals surface area contributed by atoms with Crippen LogP contribution in [0.1, 0.15) is 84.5 Å². The lowest BCUT2D eigenvalue weighted by Crippen LogP contribution is -2.06. The minimum Gasteiger partial charge on any atom is -0.380 e. The third-order valence-corrected chi connectivity index (χ3v) is 3.38. The van der Waals surface area contributed by atoms with Crippen molar-refractivity contribution in [1.82, 2.24) is 0 Å². The van der Waals surface area contributed by atoms with Gasteiger partial charge >= 0.3 is 0 Å². The highest BCUT2D eigenvalue weighted by atomic mass is 16.3. The van der Waals surface area contributed by atoms with Crippen LogP contribution in [0.15, 0.2) is 0 Å². The molecule has 0 aliphatic carbocycles. The van der Waals surface area contributed by atoms with Gasteiger partial charge in [0.1, 0.15) is 12.2 Å². The van der Waals surface area contributed by atoms with Gasteiger partial charge in [0, 0.05) is 0 Å². The third kappa shape index (κ3) is 13.7. The quantitative estimate of drug-likeness (QED) is 0.438. The van der Waals surface area contributed by atoms with Crippen LogP contribution in [0.2, 0.25) is 0 Å². The van der Waals surface area contributed by atoms with Crippen LogP contribution in [-0.4, -0.2) is 22.4 Å². The van der Waals surface area contributed by atoms with Crippen molar-refractivity contribution in [3.63, 3.8) is 0 Å². The van der Waals surface area contributed by atoms with Crippen LogP contribution in [0, 0.1) is 11.8 Å². The third-order valence-electron chi connectivity index (χ3n) is 3.38. The van der Waals surface area contributed by atoms with Gasteiger partial charge in [-0.25, -0.2) is 0 Å². The lowest BCUT2D eigenvalue weighted by molar-refractivity contribution is 0.211. The SMILES string of the molecule is CCCCCCCCCCCC(O)C#CC(O)CC. The first-order chi connectivity index (χ1) is 9.20.